The van der Waals surface area contributed by atoms with Gasteiger partial charge in [0.05, 0.1) is 11.6 Å². The highest BCUT2D eigenvalue weighted by Crippen LogP contribution is 2.18. The Morgan fingerprint density at radius 3 is 2.75 bits per heavy atom. The van der Waals surface area contributed by atoms with Gasteiger partial charge in [0, 0.05) is 23.6 Å². The van der Waals surface area contributed by atoms with E-state index in [1.807, 2.05) is 13.8 Å². The van der Waals surface area contributed by atoms with E-state index in [2.05, 4.69) is 15.6 Å². The summed E-state index contributed by atoms with van der Waals surface area (Å²) in [5.74, 6) is -1.88. The summed E-state index contributed by atoms with van der Waals surface area (Å²) in [5, 5.41) is 7.43. The van der Waals surface area contributed by atoms with Gasteiger partial charge < -0.3 is 15.4 Å². The fraction of sp³-hybridized carbons (Fsp3) is 0.455. The van der Waals surface area contributed by atoms with Crippen LogP contribution in [0.4, 0.5) is 10.1 Å². The Labute approximate surface area is 189 Å². The van der Waals surface area contributed by atoms with Gasteiger partial charge in [0.25, 0.3) is 5.91 Å². The van der Waals surface area contributed by atoms with Crippen LogP contribution in [0.1, 0.15) is 43.5 Å². The lowest BCUT2D eigenvalue weighted by molar-refractivity contribution is -0.153. The van der Waals surface area contributed by atoms with Crippen LogP contribution < -0.4 is 15.4 Å². The average Bonchev–Trinajstić information content (AvgIpc) is 3.20. The standard InChI is InChI=1S/C22H27FN4O4S/c1-14(2)11-19(28)25-18-4-3-16(12-17(18)23)20(29)26-22-27(9-10-32-22)13-31-21(30)15-5-7-24-8-6-15/h3-4,9-10,12,14-15,24H,5-8,11,13H2,1-2H3,(H,25,28)/b26-22-. The van der Waals surface area contributed by atoms with Crippen LogP contribution in [0, 0.1) is 17.7 Å². The third-order valence-electron chi connectivity index (χ3n) is 4.96. The van der Waals surface area contributed by atoms with Crippen LogP contribution in [0.3, 0.4) is 0 Å². The number of hydrogen-bond acceptors (Lipinski definition) is 6. The highest BCUT2D eigenvalue weighted by atomic mass is 32.1. The van der Waals surface area contributed by atoms with E-state index < -0.39 is 11.7 Å². The maximum absolute atomic E-state index is 14.4. The zero-order chi connectivity index (χ0) is 23.1. The predicted octanol–water partition coefficient (Wildman–Crippen LogP) is 2.91. The van der Waals surface area contributed by atoms with Gasteiger partial charge in [-0.3, -0.25) is 19.0 Å². The van der Waals surface area contributed by atoms with Crippen LogP contribution in [-0.4, -0.2) is 35.4 Å². The third kappa shape index (κ3) is 6.57. The summed E-state index contributed by atoms with van der Waals surface area (Å²) in [6.07, 6.45) is 3.42. The fourth-order valence-corrected chi connectivity index (χ4v) is 3.98. The number of hydrogen-bond donors (Lipinski definition) is 2. The summed E-state index contributed by atoms with van der Waals surface area (Å²) in [7, 11) is 0. The van der Waals surface area contributed by atoms with Gasteiger partial charge in [0.15, 0.2) is 11.5 Å². The van der Waals surface area contributed by atoms with Gasteiger partial charge in [0.2, 0.25) is 5.91 Å². The quantitative estimate of drug-likeness (QED) is 0.616. The highest BCUT2D eigenvalue weighted by molar-refractivity contribution is 7.07. The van der Waals surface area contributed by atoms with E-state index in [-0.39, 0.29) is 48.1 Å². The molecule has 2 N–H and O–H groups in total. The van der Waals surface area contributed by atoms with E-state index in [1.165, 1.54) is 23.5 Å². The number of halogens is 1. The van der Waals surface area contributed by atoms with E-state index in [9.17, 15) is 18.8 Å². The molecule has 2 amide bonds. The van der Waals surface area contributed by atoms with E-state index in [4.69, 9.17) is 4.74 Å². The Hall–Kier alpha value is -2.85. The molecule has 0 radical (unpaired) electrons. The van der Waals surface area contributed by atoms with Crippen molar-refractivity contribution in [2.45, 2.75) is 39.8 Å². The van der Waals surface area contributed by atoms with Crippen LogP contribution >= 0.6 is 11.3 Å². The molecule has 2 heterocycles. The van der Waals surface area contributed by atoms with Crippen LogP contribution in [-0.2, 0) is 21.1 Å². The van der Waals surface area contributed by atoms with Gasteiger partial charge in [-0.1, -0.05) is 13.8 Å². The van der Waals surface area contributed by atoms with E-state index in [1.54, 1.807) is 16.1 Å². The molecule has 1 aliphatic rings. The number of amides is 2. The molecule has 10 heteroatoms. The first kappa shape index (κ1) is 23.8. The van der Waals surface area contributed by atoms with Crippen molar-refractivity contribution in [1.29, 1.82) is 0 Å². The van der Waals surface area contributed by atoms with Crippen molar-refractivity contribution in [1.82, 2.24) is 9.88 Å². The Bertz CT molecular complexity index is 1040. The van der Waals surface area contributed by atoms with Crippen LogP contribution in [0.15, 0.2) is 34.8 Å². The molecule has 0 unspecified atom stereocenters. The zero-order valence-electron chi connectivity index (χ0n) is 18.1. The van der Waals surface area contributed by atoms with Crippen molar-refractivity contribution < 1.29 is 23.5 Å². The first-order valence-electron chi connectivity index (χ1n) is 10.5. The molecule has 0 aliphatic carbocycles. The normalized spacial score (nSPS) is 15.1. The molecule has 3 rings (SSSR count). The molecule has 0 saturated carbocycles. The summed E-state index contributed by atoms with van der Waals surface area (Å²) in [5.41, 5.74) is 0.0687. The molecule has 8 nitrogen and oxygen atoms in total. The number of nitrogens with zero attached hydrogens (tertiary/aromatic N) is 2. The van der Waals surface area contributed by atoms with Gasteiger partial charge in [-0.05, 0) is 50.0 Å². The smallest absolute Gasteiger partial charge is 0.310 e. The van der Waals surface area contributed by atoms with Crippen LogP contribution in [0.2, 0.25) is 0 Å². The minimum Gasteiger partial charge on any atom is -0.444 e. The van der Waals surface area contributed by atoms with Crippen molar-refractivity contribution in [3.05, 3.63) is 46.0 Å². The number of anilines is 1. The topological polar surface area (TPSA) is 102 Å². The van der Waals surface area contributed by atoms with E-state index >= 15 is 0 Å². The Morgan fingerprint density at radius 2 is 2.06 bits per heavy atom. The Balaban J connectivity index is 1.65. The molecule has 0 spiro atoms. The molecule has 0 atom stereocenters. The lowest BCUT2D eigenvalue weighted by atomic mass is 9.99. The second-order valence-corrected chi connectivity index (χ2v) is 8.90. The van der Waals surface area contributed by atoms with Crippen molar-refractivity contribution in [3.8, 4) is 0 Å². The van der Waals surface area contributed by atoms with Gasteiger partial charge in [-0.25, -0.2) is 4.39 Å². The highest BCUT2D eigenvalue weighted by Gasteiger charge is 2.22. The number of benzene rings is 1. The number of carbonyl (C=O) groups excluding carboxylic acids is 3. The molecule has 1 aromatic heterocycles. The van der Waals surface area contributed by atoms with Crippen molar-refractivity contribution in [2.24, 2.45) is 16.8 Å². The van der Waals surface area contributed by atoms with Crippen molar-refractivity contribution >= 4 is 34.8 Å². The molecule has 2 aromatic rings. The Kier molecular flexibility index (Phi) is 8.29. The summed E-state index contributed by atoms with van der Waals surface area (Å²) in [4.78, 5) is 41.0. The molecule has 1 aromatic carbocycles. The molecular weight excluding hydrogens is 435 g/mol. The monoisotopic (exact) mass is 462 g/mol. The maximum atomic E-state index is 14.4. The fourth-order valence-electron chi connectivity index (χ4n) is 3.27. The molecule has 172 valence electrons. The largest absolute Gasteiger partial charge is 0.444 e. The molecule has 32 heavy (non-hydrogen) atoms. The number of carbonyl (C=O) groups is 3. The second-order valence-electron chi connectivity index (χ2n) is 8.03. The lowest BCUT2D eigenvalue weighted by Crippen LogP contribution is -2.33. The number of thiazole rings is 1. The number of ether oxygens (including phenoxy) is 1. The zero-order valence-corrected chi connectivity index (χ0v) is 18.9. The van der Waals surface area contributed by atoms with Gasteiger partial charge >= 0.3 is 5.97 Å². The molecule has 1 saturated heterocycles. The summed E-state index contributed by atoms with van der Waals surface area (Å²) in [6, 6.07) is 3.81. The number of rotatable bonds is 7. The number of aromatic nitrogens is 1. The summed E-state index contributed by atoms with van der Waals surface area (Å²) >= 11 is 1.20. The van der Waals surface area contributed by atoms with E-state index in [0.717, 1.165) is 32.0 Å². The lowest BCUT2D eigenvalue weighted by Gasteiger charge is -2.20. The number of esters is 1. The van der Waals surface area contributed by atoms with Gasteiger partial charge in [-0.15, -0.1) is 11.3 Å². The van der Waals surface area contributed by atoms with Crippen LogP contribution in [0.25, 0.3) is 0 Å². The SMILES string of the molecule is CC(C)CC(=O)Nc1ccc(C(=O)/N=c2\sccn2COC(=O)C2CCNCC2)cc1F. The predicted molar refractivity (Wildman–Crippen MR) is 118 cm³/mol. The molecule has 0 bridgehead atoms. The van der Waals surface area contributed by atoms with Gasteiger partial charge in [0.1, 0.15) is 5.82 Å². The molecule has 1 aliphatic heterocycles. The van der Waals surface area contributed by atoms with Gasteiger partial charge in [-0.2, -0.15) is 4.99 Å². The maximum Gasteiger partial charge on any atom is 0.310 e. The van der Waals surface area contributed by atoms with Crippen LogP contribution in [0.5, 0.6) is 0 Å². The summed E-state index contributed by atoms with van der Waals surface area (Å²) in [6.45, 7) is 5.32. The minimum atomic E-state index is -0.710. The minimum absolute atomic E-state index is 0.0169. The third-order valence-corrected chi connectivity index (χ3v) is 5.75. The molecule has 1 fully saturated rings. The number of nitrogens with one attached hydrogen (secondary N) is 2. The number of piperidine rings is 1. The first-order valence-corrected chi connectivity index (χ1v) is 11.4. The summed E-state index contributed by atoms with van der Waals surface area (Å²) < 4.78 is 21.3. The van der Waals surface area contributed by atoms with Crippen molar-refractivity contribution in [3.63, 3.8) is 0 Å². The Morgan fingerprint density at radius 1 is 1.31 bits per heavy atom. The van der Waals surface area contributed by atoms with E-state index in [0.29, 0.717) is 4.80 Å². The van der Waals surface area contributed by atoms with Crippen molar-refractivity contribution in [2.75, 3.05) is 18.4 Å². The average molecular weight is 463 g/mol. The first-order chi connectivity index (χ1) is 15.3. The molecular formula is C22H27FN4O4S. The second kappa shape index (κ2) is 11.1.